The van der Waals surface area contributed by atoms with Gasteiger partial charge in [0.25, 0.3) is 0 Å². The zero-order valence-electron chi connectivity index (χ0n) is 14.0. The molecule has 2 heterocycles. The Balaban J connectivity index is 1.47. The average Bonchev–Trinajstić information content (AvgIpc) is 3.28. The number of nitrogens with one attached hydrogen (secondary N) is 2. The fraction of sp³-hybridized carbons (Fsp3) is 0.150. The summed E-state index contributed by atoms with van der Waals surface area (Å²) in [6, 6.07) is 16.2. The van der Waals surface area contributed by atoms with E-state index in [4.69, 9.17) is 0 Å². The quantitative estimate of drug-likeness (QED) is 0.523. The van der Waals surface area contributed by atoms with Crippen LogP contribution in [0, 0.1) is 0 Å². The van der Waals surface area contributed by atoms with Crippen LogP contribution in [0.15, 0.2) is 67.1 Å². The van der Waals surface area contributed by atoms with Crippen molar-refractivity contribution in [2.24, 2.45) is 7.05 Å². The Labute approximate surface area is 146 Å². The van der Waals surface area contributed by atoms with Crippen LogP contribution in [0.5, 0.6) is 0 Å². The maximum atomic E-state index is 10.4. The van der Waals surface area contributed by atoms with Gasteiger partial charge in [-0.25, -0.2) is 4.98 Å². The Kier molecular flexibility index (Phi) is 3.99. The highest BCUT2D eigenvalue weighted by Crippen LogP contribution is 2.23. The van der Waals surface area contributed by atoms with Gasteiger partial charge in [0.15, 0.2) is 0 Å². The van der Waals surface area contributed by atoms with Gasteiger partial charge in [-0.1, -0.05) is 24.3 Å². The second kappa shape index (κ2) is 6.45. The highest BCUT2D eigenvalue weighted by molar-refractivity contribution is 5.83. The van der Waals surface area contributed by atoms with Crippen LogP contribution in [0.3, 0.4) is 0 Å². The fourth-order valence-corrected chi connectivity index (χ4v) is 3.07. The largest absolute Gasteiger partial charge is 0.381 e. The van der Waals surface area contributed by atoms with E-state index in [2.05, 4.69) is 39.6 Å². The number of anilines is 1. The smallest absolute Gasteiger partial charge is 0.142 e. The second-order valence-electron chi connectivity index (χ2n) is 6.13. The SMILES string of the molecule is Cn1ccnc1[C@@H](O)c1ccc(NCc2cccc3[nH]ccc23)cc1. The van der Waals surface area contributed by atoms with Gasteiger partial charge in [0.2, 0.25) is 0 Å². The number of benzene rings is 2. The van der Waals surface area contributed by atoms with Crippen molar-refractivity contribution in [3.8, 4) is 0 Å². The molecule has 0 radical (unpaired) electrons. The fourth-order valence-electron chi connectivity index (χ4n) is 3.07. The third-order valence-corrected chi connectivity index (χ3v) is 4.50. The maximum absolute atomic E-state index is 10.4. The van der Waals surface area contributed by atoms with Gasteiger partial charge in [-0.05, 0) is 35.4 Å². The van der Waals surface area contributed by atoms with Crippen molar-refractivity contribution in [2.45, 2.75) is 12.6 Å². The highest BCUT2D eigenvalue weighted by atomic mass is 16.3. The Morgan fingerprint density at radius 3 is 2.76 bits per heavy atom. The van der Waals surface area contributed by atoms with Gasteiger partial charge in [0.05, 0.1) is 0 Å². The van der Waals surface area contributed by atoms with E-state index in [9.17, 15) is 5.11 Å². The van der Waals surface area contributed by atoms with Crippen molar-refractivity contribution in [3.63, 3.8) is 0 Å². The Hall–Kier alpha value is -3.05. The maximum Gasteiger partial charge on any atom is 0.142 e. The molecular weight excluding hydrogens is 312 g/mol. The van der Waals surface area contributed by atoms with Gasteiger partial charge in [-0.2, -0.15) is 0 Å². The molecule has 0 aliphatic carbocycles. The molecular formula is C20H20N4O. The van der Waals surface area contributed by atoms with E-state index >= 15 is 0 Å². The molecule has 4 aromatic rings. The van der Waals surface area contributed by atoms with Gasteiger partial charge < -0.3 is 20.0 Å². The van der Waals surface area contributed by atoms with Gasteiger partial charge in [-0.15, -0.1) is 0 Å². The summed E-state index contributed by atoms with van der Waals surface area (Å²) in [4.78, 5) is 7.44. The zero-order valence-corrected chi connectivity index (χ0v) is 14.0. The number of aromatic nitrogens is 3. The molecule has 126 valence electrons. The highest BCUT2D eigenvalue weighted by Gasteiger charge is 2.14. The lowest BCUT2D eigenvalue weighted by atomic mass is 10.1. The molecule has 0 spiro atoms. The molecule has 0 saturated carbocycles. The first kappa shape index (κ1) is 15.5. The van der Waals surface area contributed by atoms with Crippen molar-refractivity contribution < 1.29 is 5.11 Å². The predicted molar refractivity (Wildman–Crippen MR) is 99.3 cm³/mol. The molecule has 0 aliphatic rings. The summed E-state index contributed by atoms with van der Waals surface area (Å²) in [5.41, 5.74) is 4.24. The Morgan fingerprint density at radius 2 is 2.00 bits per heavy atom. The van der Waals surface area contributed by atoms with Crippen LogP contribution >= 0.6 is 0 Å². The van der Waals surface area contributed by atoms with Crippen LogP contribution in [0.25, 0.3) is 10.9 Å². The number of imidazole rings is 1. The van der Waals surface area contributed by atoms with E-state index in [1.54, 1.807) is 6.20 Å². The summed E-state index contributed by atoms with van der Waals surface area (Å²) in [5, 5.41) is 15.1. The van der Waals surface area contributed by atoms with Crippen molar-refractivity contribution in [1.29, 1.82) is 0 Å². The third-order valence-electron chi connectivity index (χ3n) is 4.50. The topological polar surface area (TPSA) is 65.9 Å². The van der Waals surface area contributed by atoms with Crippen LogP contribution in [-0.4, -0.2) is 19.6 Å². The number of fused-ring (bicyclic) bond motifs is 1. The van der Waals surface area contributed by atoms with Crippen LogP contribution in [0.1, 0.15) is 23.1 Å². The molecule has 25 heavy (non-hydrogen) atoms. The molecule has 2 aromatic heterocycles. The third kappa shape index (κ3) is 3.02. The summed E-state index contributed by atoms with van der Waals surface area (Å²) in [6.07, 6.45) is 4.76. The number of hydrogen-bond donors (Lipinski definition) is 3. The summed E-state index contributed by atoms with van der Waals surface area (Å²) < 4.78 is 1.83. The first-order valence-electron chi connectivity index (χ1n) is 8.26. The standard InChI is InChI=1S/C20H20N4O/c1-24-12-11-22-20(24)19(25)14-5-7-16(8-6-14)23-13-15-3-2-4-18-17(15)9-10-21-18/h2-12,19,21,23,25H,13H2,1H3/t19-/m0/s1. The zero-order chi connectivity index (χ0) is 17.2. The molecule has 1 atom stereocenters. The Morgan fingerprint density at radius 1 is 1.16 bits per heavy atom. The molecule has 0 unspecified atom stereocenters. The van der Waals surface area contributed by atoms with E-state index in [0.717, 1.165) is 23.3 Å². The minimum absolute atomic E-state index is 0.639. The first-order chi connectivity index (χ1) is 12.2. The number of H-pyrrole nitrogens is 1. The number of aliphatic hydroxyl groups is 1. The molecule has 0 fully saturated rings. The van der Waals surface area contributed by atoms with Gasteiger partial charge in [0.1, 0.15) is 11.9 Å². The summed E-state index contributed by atoms with van der Waals surface area (Å²) in [5.74, 6) is 0.639. The molecule has 0 bridgehead atoms. The van der Waals surface area contributed by atoms with E-state index in [0.29, 0.717) is 5.82 Å². The number of hydrogen-bond acceptors (Lipinski definition) is 3. The number of nitrogens with zero attached hydrogens (tertiary/aromatic N) is 2. The van der Waals surface area contributed by atoms with Crippen LogP contribution < -0.4 is 5.32 Å². The van der Waals surface area contributed by atoms with Crippen molar-refractivity contribution in [3.05, 3.63) is 84.1 Å². The van der Waals surface area contributed by atoms with E-state index < -0.39 is 6.10 Å². The van der Waals surface area contributed by atoms with Gasteiger partial charge >= 0.3 is 0 Å². The van der Waals surface area contributed by atoms with Gasteiger partial charge in [0, 0.05) is 48.8 Å². The van der Waals surface area contributed by atoms with Crippen LogP contribution in [-0.2, 0) is 13.6 Å². The predicted octanol–water partition coefficient (Wildman–Crippen LogP) is 3.60. The van der Waals surface area contributed by atoms with E-state index in [1.165, 1.54) is 10.9 Å². The lowest BCUT2D eigenvalue weighted by Gasteiger charge is -2.13. The first-order valence-corrected chi connectivity index (χ1v) is 8.26. The molecule has 2 aromatic carbocycles. The molecule has 0 aliphatic heterocycles. The van der Waals surface area contributed by atoms with Gasteiger partial charge in [-0.3, -0.25) is 0 Å². The van der Waals surface area contributed by atoms with E-state index in [-0.39, 0.29) is 0 Å². The lowest BCUT2D eigenvalue weighted by molar-refractivity contribution is 0.206. The Bertz CT molecular complexity index is 984. The van der Waals surface area contributed by atoms with Crippen LogP contribution in [0.4, 0.5) is 5.69 Å². The molecule has 5 nitrogen and oxygen atoms in total. The number of aryl methyl sites for hydroxylation is 1. The number of rotatable bonds is 5. The molecule has 3 N–H and O–H groups in total. The second-order valence-corrected chi connectivity index (χ2v) is 6.13. The van der Waals surface area contributed by atoms with Crippen molar-refractivity contribution in [2.75, 3.05) is 5.32 Å². The summed E-state index contributed by atoms with van der Waals surface area (Å²) in [7, 11) is 1.88. The number of aromatic amines is 1. The van der Waals surface area contributed by atoms with E-state index in [1.807, 2.05) is 48.3 Å². The molecule has 0 saturated heterocycles. The normalized spacial score (nSPS) is 12.4. The number of aliphatic hydroxyl groups excluding tert-OH is 1. The molecule has 5 heteroatoms. The molecule has 4 rings (SSSR count). The van der Waals surface area contributed by atoms with Crippen LogP contribution in [0.2, 0.25) is 0 Å². The monoisotopic (exact) mass is 332 g/mol. The molecule has 0 amide bonds. The average molecular weight is 332 g/mol. The minimum atomic E-state index is -0.720. The summed E-state index contributed by atoms with van der Waals surface area (Å²) in [6.45, 7) is 0.746. The summed E-state index contributed by atoms with van der Waals surface area (Å²) >= 11 is 0. The minimum Gasteiger partial charge on any atom is -0.381 e. The van der Waals surface area contributed by atoms with Crippen molar-refractivity contribution in [1.82, 2.24) is 14.5 Å². The lowest BCUT2D eigenvalue weighted by Crippen LogP contribution is -2.07. The van der Waals surface area contributed by atoms with Crippen molar-refractivity contribution >= 4 is 16.6 Å².